The van der Waals surface area contributed by atoms with Crippen LogP contribution in [0.4, 0.5) is 0 Å². The molecule has 0 saturated carbocycles. The molecule has 12 nitrogen and oxygen atoms in total. The van der Waals surface area contributed by atoms with Crippen molar-refractivity contribution in [3.63, 3.8) is 0 Å². The standard InChI is InChI=1S/C27H22O12/c28-17-5-1-15(10-19(17)30)12-23(26(34)35)38-22-7-3-14(9-21(22)32)4-8-25(33)39-24(27(36)37)13-16-2-6-18(29)20(31)11-16/h1-12,24,28-32H,13H2,(H,34,35)(H,36,37)/t24-/m1/s1. The molecule has 3 aromatic carbocycles. The summed E-state index contributed by atoms with van der Waals surface area (Å²) in [6, 6.07) is 11.0. The number of carboxylic acid groups (broad SMARTS) is 2. The lowest BCUT2D eigenvalue weighted by atomic mass is 10.1. The van der Waals surface area contributed by atoms with E-state index in [-0.39, 0.29) is 23.3 Å². The summed E-state index contributed by atoms with van der Waals surface area (Å²) in [6.07, 6.45) is 1.32. The van der Waals surface area contributed by atoms with Gasteiger partial charge in [0.15, 0.2) is 34.5 Å². The van der Waals surface area contributed by atoms with E-state index in [9.17, 15) is 50.1 Å². The quantitative estimate of drug-likeness (QED) is 0.0859. The van der Waals surface area contributed by atoms with Crippen LogP contribution >= 0.6 is 0 Å². The van der Waals surface area contributed by atoms with Crippen LogP contribution in [0.25, 0.3) is 12.2 Å². The molecule has 12 heteroatoms. The molecule has 0 radical (unpaired) electrons. The van der Waals surface area contributed by atoms with E-state index in [0.717, 1.165) is 36.4 Å². The van der Waals surface area contributed by atoms with Crippen molar-refractivity contribution >= 4 is 30.1 Å². The number of hydrogen-bond acceptors (Lipinski definition) is 10. The highest BCUT2D eigenvalue weighted by Crippen LogP contribution is 2.31. The Balaban J connectivity index is 1.69. The highest BCUT2D eigenvalue weighted by Gasteiger charge is 2.22. The number of carbonyl (C=O) groups is 3. The molecule has 0 aliphatic carbocycles. The lowest BCUT2D eigenvalue weighted by Gasteiger charge is -2.13. The molecule has 1 atom stereocenters. The number of carbonyl (C=O) groups excluding carboxylic acids is 1. The first-order valence-corrected chi connectivity index (χ1v) is 11.0. The van der Waals surface area contributed by atoms with Gasteiger partial charge in [-0.1, -0.05) is 18.2 Å². The zero-order valence-electron chi connectivity index (χ0n) is 19.9. The molecule has 0 spiro atoms. The maximum absolute atomic E-state index is 12.2. The number of esters is 1. The normalized spacial score (nSPS) is 12.2. The van der Waals surface area contributed by atoms with Crippen LogP contribution in [-0.2, 0) is 25.5 Å². The summed E-state index contributed by atoms with van der Waals surface area (Å²) in [6.45, 7) is 0. The summed E-state index contributed by atoms with van der Waals surface area (Å²) in [7, 11) is 0. The van der Waals surface area contributed by atoms with Gasteiger partial charge in [-0.2, -0.15) is 0 Å². The first-order valence-electron chi connectivity index (χ1n) is 11.0. The fourth-order valence-electron chi connectivity index (χ4n) is 3.19. The van der Waals surface area contributed by atoms with Gasteiger partial charge >= 0.3 is 17.9 Å². The molecular weight excluding hydrogens is 516 g/mol. The SMILES string of the molecule is O=C(C=Cc1ccc(OC(=Cc2ccc(O)c(O)c2)C(=O)O)c(O)c1)O[C@H](Cc1ccc(O)c(O)c1)C(=O)O. The Hall–Kier alpha value is -5.65. The van der Waals surface area contributed by atoms with Crippen molar-refractivity contribution in [2.45, 2.75) is 12.5 Å². The number of rotatable bonds is 10. The van der Waals surface area contributed by atoms with Gasteiger partial charge in [0.2, 0.25) is 11.9 Å². The predicted octanol–water partition coefficient (Wildman–Crippen LogP) is 2.97. The van der Waals surface area contributed by atoms with Crippen molar-refractivity contribution in [1.29, 1.82) is 0 Å². The van der Waals surface area contributed by atoms with E-state index in [2.05, 4.69) is 0 Å². The molecule has 202 valence electrons. The molecule has 0 unspecified atom stereocenters. The van der Waals surface area contributed by atoms with Gasteiger partial charge < -0.3 is 45.2 Å². The van der Waals surface area contributed by atoms with Crippen molar-refractivity contribution in [3.8, 4) is 34.5 Å². The number of aliphatic carboxylic acids is 2. The number of hydrogen-bond donors (Lipinski definition) is 7. The molecule has 0 heterocycles. The summed E-state index contributed by atoms with van der Waals surface area (Å²) in [4.78, 5) is 35.3. The van der Waals surface area contributed by atoms with E-state index < -0.39 is 58.5 Å². The van der Waals surface area contributed by atoms with Gasteiger partial charge in [-0.3, -0.25) is 0 Å². The Morgan fingerprint density at radius 2 is 1.36 bits per heavy atom. The van der Waals surface area contributed by atoms with Gasteiger partial charge in [0, 0.05) is 12.5 Å². The minimum Gasteiger partial charge on any atom is -0.504 e. The van der Waals surface area contributed by atoms with E-state index in [1.54, 1.807) is 0 Å². The average Bonchev–Trinajstić information content (AvgIpc) is 2.87. The molecule has 0 aliphatic rings. The van der Waals surface area contributed by atoms with Gasteiger partial charge in [-0.15, -0.1) is 0 Å². The molecule has 0 fully saturated rings. The Kier molecular flexibility index (Phi) is 8.64. The third kappa shape index (κ3) is 7.67. The molecular formula is C27H22O12. The summed E-state index contributed by atoms with van der Waals surface area (Å²) in [5, 5.41) is 66.9. The van der Waals surface area contributed by atoms with Crippen LogP contribution in [0.15, 0.2) is 66.4 Å². The van der Waals surface area contributed by atoms with Crippen molar-refractivity contribution in [3.05, 3.63) is 83.1 Å². The smallest absolute Gasteiger partial charge is 0.371 e. The maximum Gasteiger partial charge on any atom is 0.371 e. The molecule has 3 aromatic rings. The van der Waals surface area contributed by atoms with Crippen molar-refractivity contribution < 1.29 is 59.6 Å². The van der Waals surface area contributed by atoms with Crippen molar-refractivity contribution in [2.24, 2.45) is 0 Å². The second-order valence-electron chi connectivity index (χ2n) is 8.02. The number of carboxylic acids is 2. The van der Waals surface area contributed by atoms with Crippen LogP contribution in [0.1, 0.15) is 16.7 Å². The minimum absolute atomic E-state index is 0.196. The highest BCUT2D eigenvalue weighted by molar-refractivity contribution is 5.91. The third-order valence-electron chi connectivity index (χ3n) is 5.12. The number of ether oxygens (including phenoxy) is 2. The molecule has 0 saturated heterocycles. The van der Waals surface area contributed by atoms with Crippen molar-refractivity contribution in [1.82, 2.24) is 0 Å². The van der Waals surface area contributed by atoms with Crippen LogP contribution in [-0.4, -0.2) is 59.8 Å². The first kappa shape index (κ1) is 27.9. The largest absolute Gasteiger partial charge is 0.504 e. The van der Waals surface area contributed by atoms with E-state index in [1.165, 1.54) is 36.4 Å². The van der Waals surface area contributed by atoms with Crippen molar-refractivity contribution in [2.75, 3.05) is 0 Å². The fourth-order valence-corrected chi connectivity index (χ4v) is 3.19. The molecule has 7 N–H and O–H groups in total. The summed E-state index contributed by atoms with van der Waals surface area (Å²) >= 11 is 0. The Morgan fingerprint density at radius 1 is 0.744 bits per heavy atom. The van der Waals surface area contributed by atoms with Crippen LogP contribution in [0.5, 0.6) is 34.5 Å². The number of phenolic OH excluding ortho intramolecular Hbond substituents is 5. The molecule has 0 aliphatic heterocycles. The third-order valence-corrected chi connectivity index (χ3v) is 5.12. The van der Waals surface area contributed by atoms with Crippen LogP contribution in [0.3, 0.4) is 0 Å². The molecule has 3 rings (SSSR count). The second-order valence-corrected chi connectivity index (χ2v) is 8.02. The van der Waals surface area contributed by atoms with Crippen LogP contribution < -0.4 is 4.74 Å². The van der Waals surface area contributed by atoms with E-state index in [0.29, 0.717) is 5.56 Å². The maximum atomic E-state index is 12.2. The van der Waals surface area contributed by atoms with Gasteiger partial charge in [0.25, 0.3) is 0 Å². The highest BCUT2D eigenvalue weighted by atomic mass is 16.6. The Bertz CT molecular complexity index is 1470. The monoisotopic (exact) mass is 538 g/mol. The lowest BCUT2D eigenvalue weighted by Crippen LogP contribution is -2.28. The Morgan fingerprint density at radius 3 is 1.95 bits per heavy atom. The number of phenols is 5. The summed E-state index contributed by atoms with van der Waals surface area (Å²) < 4.78 is 10.2. The zero-order chi connectivity index (χ0) is 28.7. The van der Waals surface area contributed by atoms with Crippen LogP contribution in [0, 0.1) is 0 Å². The van der Waals surface area contributed by atoms with E-state index >= 15 is 0 Å². The lowest BCUT2D eigenvalue weighted by molar-refractivity contribution is -0.160. The average molecular weight is 538 g/mol. The van der Waals surface area contributed by atoms with Gasteiger partial charge in [0.05, 0.1) is 0 Å². The zero-order valence-corrected chi connectivity index (χ0v) is 19.9. The fraction of sp³-hybridized carbons (Fsp3) is 0.0741. The Labute approximate surface area is 220 Å². The second kappa shape index (κ2) is 12.1. The molecule has 0 amide bonds. The summed E-state index contributed by atoms with van der Waals surface area (Å²) in [5.74, 6) is -6.98. The molecule has 0 aromatic heterocycles. The number of aromatic hydroxyl groups is 5. The van der Waals surface area contributed by atoms with Crippen LogP contribution in [0.2, 0.25) is 0 Å². The van der Waals surface area contributed by atoms with Gasteiger partial charge in [-0.05, 0) is 65.2 Å². The van der Waals surface area contributed by atoms with Gasteiger partial charge in [0.1, 0.15) is 0 Å². The first-order chi connectivity index (χ1) is 18.4. The summed E-state index contributed by atoms with van der Waals surface area (Å²) in [5.41, 5.74) is 0.755. The minimum atomic E-state index is -1.59. The topological polar surface area (TPSA) is 211 Å². The van der Waals surface area contributed by atoms with Gasteiger partial charge in [-0.25, -0.2) is 14.4 Å². The van der Waals surface area contributed by atoms with E-state index in [4.69, 9.17) is 9.47 Å². The molecule has 39 heavy (non-hydrogen) atoms. The molecule has 0 bridgehead atoms. The van der Waals surface area contributed by atoms with E-state index in [1.807, 2.05) is 0 Å². The predicted molar refractivity (Wildman–Crippen MR) is 134 cm³/mol. The number of benzene rings is 3.